The molecule has 0 atom stereocenters. The van der Waals surface area contributed by atoms with E-state index in [1.165, 1.54) is 24.3 Å². The number of hydrogen-bond acceptors (Lipinski definition) is 3. The monoisotopic (exact) mass is 336 g/mol. The third kappa shape index (κ3) is 6.12. The van der Waals surface area contributed by atoms with Crippen LogP contribution in [0.5, 0.6) is 11.5 Å². The van der Waals surface area contributed by atoms with Crippen LogP contribution >= 0.6 is 0 Å². The van der Waals surface area contributed by atoms with E-state index in [0.717, 1.165) is 11.3 Å². The van der Waals surface area contributed by atoms with E-state index in [-0.39, 0.29) is 5.75 Å². The molecule has 0 aliphatic heterocycles. The zero-order valence-corrected chi connectivity index (χ0v) is 13.1. The van der Waals surface area contributed by atoms with Crippen LogP contribution in [-0.4, -0.2) is 25.8 Å². The molecule has 0 aromatic heterocycles. The van der Waals surface area contributed by atoms with E-state index in [9.17, 15) is 13.6 Å². The van der Waals surface area contributed by atoms with Crippen LogP contribution in [-0.2, 0) is 0 Å². The summed E-state index contributed by atoms with van der Waals surface area (Å²) in [6.07, 6.45) is 0. The molecule has 0 heterocycles. The lowest BCUT2D eigenvalue weighted by Crippen LogP contribution is -2.32. The second-order valence-corrected chi connectivity index (χ2v) is 4.95. The van der Waals surface area contributed by atoms with Crippen LogP contribution in [0, 0.1) is 6.92 Å². The van der Waals surface area contributed by atoms with Crippen LogP contribution in [0.1, 0.15) is 5.56 Å². The first-order chi connectivity index (χ1) is 11.5. The standard InChI is InChI=1S/C17H18F2N2O3/c1-12-2-6-14(7-3-12)23-11-10-20-17(22)21-13-4-8-15(9-5-13)24-16(18)19/h2-9,16H,10-11H2,1H3,(H2,20,21,22). The number of benzene rings is 2. The number of alkyl halides is 2. The summed E-state index contributed by atoms with van der Waals surface area (Å²) in [5.41, 5.74) is 1.61. The van der Waals surface area contributed by atoms with E-state index in [1.807, 2.05) is 31.2 Å². The van der Waals surface area contributed by atoms with E-state index in [1.54, 1.807) is 0 Å². The predicted octanol–water partition coefficient (Wildman–Crippen LogP) is 3.80. The number of nitrogens with one attached hydrogen (secondary N) is 2. The first kappa shape index (κ1) is 17.5. The molecule has 2 N–H and O–H groups in total. The Morgan fingerprint density at radius 1 is 1.04 bits per heavy atom. The highest BCUT2D eigenvalue weighted by Gasteiger charge is 2.05. The van der Waals surface area contributed by atoms with Crippen LogP contribution in [0.25, 0.3) is 0 Å². The molecule has 2 amide bonds. The first-order valence-electron chi connectivity index (χ1n) is 7.32. The zero-order valence-electron chi connectivity index (χ0n) is 13.1. The topological polar surface area (TPSA) is 59.6 Å². The van der Waals surface area contributed by atoms with Gasteiger partial charge in [-0.3, -0.25) is 0 Å². The molecule has 2 aromatic carbocycles. The highest BCUT2D eigenvalue weighted by atomic mass is 19.3. The number of ether oxygens (including phenoxy) is 2. The summed E-state index contributed by atoms with van der Waals surface area (Å²) in [6, 6.07) is 12.8. The van der Waals surface area contributed by atoms with Crippen molar-refractivity contribution in [3.05, 3.63) is 54.1 Å². The number of rotatable bonds is 7. The van der Waals surface area contributed by atoms with Crippen molar-refractivity contribution in [2.75, 3.05) is 18.5 Å². The third-order valence-electron chi connectivity index (χ3n) is 3.01. The molecule has 0 radical (unpaired) electrons. The molecule has 0 aliphatic carbocycles. The van der Waals surface area contributed by atoms with Gasteiger partial charge in [-0.2, -0.15) is 8.78 Å². The van der Waals surface area contributed by atoms with Gasteiger partial charge in [0.1, 0.15) is 18.1 Å². The molecule has 0 aliphatic rings. The molecular formula is C17H18F2N2O3. The van der Waals surface area contributed by atoms with Gasteiger partial charge in [0.25, 0.3) is 0 Å². The Bertz CT molecular complexity index is 646. The lowest BCUT2D eigenvalue weighted by Gasteiger charge is -2.10. The summed E-state index contributed by atoms with van der Waals surface area (Å²) >= 11 is 0. The van der Waals surface area contributed by atoms with Crippen LogP contribution in [0.2, 0.25) is 0 Å². The van der Waals surface area contributed by atoms with E-state index in [2.05, 4.69) is 15.4 Å². The number of amides is 2. The Kier molecular flexibility index (Phi) is 6.36. The fourth-order valence-electron chi connectivity index (χ4n) is 1.86. The minimum absolute atomic E-state index is 0.0301. The largest absolute Gasteiger partial charge is 0.492 e. The molecule has 0 bridgehead atoms. The van der Waals surface area contributed by atoms with Crippen LogP contribution < -0.4 is 20.1 Å². The maximum absolute atomic E-state index is 12.0. The van der Waals surface area contributed by atoms with Crippen LogP contribution in [0.4, 0.5) is 19.3 Å². The van der Waals surface area contributed by atoms with Crippen molar-refractivity contribution in [1.29, 1.82) is 0 Å². The minimum Gasteiger partial charge on any atom is -0.492 e. The maximum Gasteiger partial charge on any atom is 0.387 e. The number of hydrogen-bond donors (Lipinski definition) is 2. The Morgan fingerprint density at radius 3 is 2.29 bits per heavy atom. The van der Waals surface area contributed by atoms with Crippen molar-refractivity contribution in [1.82, 2.24) is 5.32 Å². The molecule has 7 heteroatoms. The Morgan fingerprint density at radius 2 is 1.67 bits per heavy atom. The normalized spacial score (nSPS) is 10.3. The van der Waals surface area contributed by atoms with Gasteiger partial charge in [0.05, 0.1) is 6.54 Å². The van der Waals surface area contributed by atoms with Crippen molar-refractivity contribution >= 4 is 11.7 Å². The molecule has 0 saturated heterocycles. The smallest absolute Gasteiger partial charge is 0.387 e. The summed E-state index contributed by atoms with van der Waals surface area (Å²) in [5.74, 6) is 0.764. The number of anilines is 1. The highest BCUT2D eigenvalue weighted by molar-refractivity contribution is 5.89. The molecule has 0 unspecified atom stereocenters. The fourth-order valence-corrected chi connectivity index (χ4v) is 1.86. The average molecular weight is 336 g/mol. The molecule has 0 fully saturated rings. The molecular weight excluding hydrogens is 318 g/mol. The van der Waals surface area contributed by atoms with Gasteiger partial charge in [-0.1, -0.05) is 17.7 Å². The fraction of sp³-hybridized carbons (Fsp3) is 0.235. The van der Waals surface area contributed by atoms with Gasteiger partial charge in [0.15, 0.2) is 0 Å². The van der Waals surface area contributed by atoms with Gasteiger partial charge >= 0.3 is 12.6 Å². The summed E-state index contributed by atoms with van der Waals surface area (Å²) in [5, 5.41) is 5.21. The van der Waals surface area contributed by atoms with Crippen LogP contribution in [0.15, 0.2) is 48.5 Å². The van der Waals surface area contributed by atoms with Gasteiger partial charge in [-0.25, -0.2) is 4.79 Å². The first-order valence-corrected chi connectivity index (χ1v) is 7.32. The molecule has 2 aromatic rings. The number of urea groups is 1. The second kappa shape index (κ2) is 8.71. The van der Waals surface area contributed by atoms with E-state index < -0.39 is 12.6 Å². The van der Waals surface area contributed by atoms with E-state index >= 15 is 0 Å². The predicted molar refractivity (Wildman–Crippen MR) is 86.8 cm³/mol. The lowest BCUT2D eigenvalue weighted by atomic mass is 10.2. The Labute approximate surface area is 138 Å². The summed E-state index contributed by atoms with van der Waals surface area (Å²) in [7, 11) is 0. The van der Waals surface area contributed by atoms with Crippen molar-refractivity contribution in [3.63, 3.8) is 0 Å². The van der Waals surface area contributed by atoms with Crippen LogP contribution in [0.3, 0.4) is 0 Å². The SMILES string of the molecule is Cc1ccc(OCCNC(=O)Nc2ccc(OC(F)F)cc2)cc1. The maximum atomic E-state index is 12.0. The van der Waals surface area contributed by atoms with Crippen molar-refractivity contribution in [2.45, 2.75) is 13.5 Å². The Hall–Kier alpha value is -2.83. The van der Waals surface area contributed by atoms with Gasteiger partial charge in [0.2, 0.25) is 0 Å². The third-order valence-corrected chi connectivity index (χ3v) is 3.01. The van der Waals surface area contributed by atoms with Crippen molar-refractivity contribution < 1.29 is 23.0 Å². The summed E-state index contributed by atoms with van der Waals surface area (Å²) in [4.78, 5) is 11.7. The van der Waals surface area contributed by atoms with Gasteiger partial charge in [-0.15, -0.1) is 0 Å². The molecule has 5 nitrogen and oxygen atoms in total. The average Bonchev–Trinajstić information content (AvgIpc) is 2.55. The van der Waals surface area contributed by atoms with Gasteiger partial charge in [-0.05, 0) is 43.3 Å². The summed E-state index contributed by atoms with van der Waals surface area (Å²) in [6.45, 7) is -0.230. The second-order valence-electron chi connectivity index (χ2n) is 4.95. The van der Waals surface area contributed by atoms with Crippen molar-refractivity contribution in [2.24, 2.45) is 0 Å². The number of halogens is 2. The highest BCUT2D eigenvalue weighted by Crippen LogP contribution is 2.17. The van der Waals surface area contributed by atoms with Gasteiger partial charge < -0.3 is 20.1 Å². The number of aryl methyl sites for hydroxylation is 1. The molecule has 24 heavy (non-hydrogen) atoms. The number of carbonyl (C=O) groups is 1. The van der Waals surface area contributed by atoms with E-state index in [0.29, 0.717) is 18.8 Å². The summed E-state index contributed by atoms with van der Waals surface area (Å²) < 4.78 is 33.8. The molecule has 128 valence electrons. The minimum atomic E-state index is -2.87. The quantitative estimate of drug-likeness (QED) is 0.756. The lowest BCUT2D eigenvalue weighted by molar-refractivity contribution is -0.0498. The zero-order chi connectivity index (χ0) is 17.4. The molecule has 0 spiro atoms. The van der Waals surface area contributed by atoms with Gasteiger partial charge in [0, 0.05) is 5.69 Å². The molecule has 0 saturated carbocycles. The van der Waals surface area contributed by atoms with E-state index in [4.69, 9.17) is 4.74 Å². The van der Waals surface area contributed by atoms with Crippen molar-refractivity contribution in [3.8, 4) is 11.5 Å². The number of carbonyl (C=O) groups excluding carboxylic acids is 1. The Balaban J connectivity index is 1.68. The molecule has 2 rings (SSSR count).